The highest BCUT2D eigenvalue weighted by Crippen LogP contribution is 2.68. The summed E-state index contributed by atoms with van der Waals surface area (Å²) in [5.41, 5.74) is -0.378. The van der Waals surface area contributed by atoms with Crippen LogP contribution in [0.4, 0.5) is 0 Å². The van der Waals surface area contributed by atoms with Crippen LogP contribution in [0, 0.1) is 46.3 Å². The zero-order chi connectivity index (χ0) is 24.2. The van der Waals surface area contributed by atoms with Crippen molar-refractivity contribution < 1.29 is 35.1 Å². The lowest BCUT2D eigenvalue weighted by Crippen LogP contribution is -2.63. The van der Waals surface area contributed by atoms with Gasteiger partial charge < -0.3 is 30.3 Å². The van der Waals surface area contributed by atoms with E-state index in [0.717, 1.165) is 19.3 Å². The van der Waals surface area contributed by atoms with Gasteiger partial charge >= 0.3 is 5.97 Å². The highest BCUT2D eigenvalue weighted by molar-refractivity contribution is 5.66. The topological polar surface area (TPSA) is 127 Å². The van der Waals surface area contributed by atoms with E-state index < -0.39 is 24.0 Å². The first-order valence-corrected chi connectivity index (χ1v) is 13.0. The SMILES string of the molecule is C[C@H](CCC(=O)O)[C@H]1CC[C@H]2[C@@H]3[C@H](O)C[C@@H]4C[C@@](O)(OCCO)CC[C@]4(C)[C@H]3C[C@H](O)[C@]12C. The first-order valence-electron chi connectivity index (χ1n) is 13.0. The van der Waals surface area contributed by atoms with Crippen LogP contribution < -0.4 is 0 Å². The fourth-order valence-electron chi connectivity index (χ4n) is 9.03. The second-order valence-electron chi connectivity index (χ2n) is 12.2. The molecule has 7 nitrogen and oxygen atoms in total. The maximum atomic E-state index is 11.6. The number of aliphatic carboxylic acids is 1. The molecule has 0 amide bonds. The second kappa shape index (κ2) is 9.05. The number of hydrogen-bond donors (Lipinski definition) is 5. The standard InChI is InChI=1S/C26H44O7/c1-15(4-7-22(30)31)17-5-6-18-23-19(13-21(29)25(17,18)3)24(2)8-9-26(32,33-11-10-27)14-16(24)12-20(23)28/h15-21,23,27-29,32H,4-14H2,1-3H3,(H,30,31)/t15-,16-,17-,18+,19+,20-,21+,23+,24+,25-,26+/m1/s1. The monoisotopic (exact) mass is 468 g/mol. The van der Waals surface area contributed by atoms with Crippen LogP contribution in [-0.4, -0.2) is 62.7 Å². The number of aliphatic hydroxyl groups excluding tert-OH is 3. The zero-order valence-electron chi connectivity index (χ0n) is 20.4. The fourth-order valence-corrected chi connectivity index (χ4v) is 9.03. The highest BCUT2D eigenvalue weighted by atomic mass is 16.6. The maximum absolute atomic E-state index is 11.6. The van der Waals surface area contributed by atoms with Crippen LogP contribution >= 0.6 is 0 Å². The largest absolute Gasteiger partial charge is 0.481 e. The predicted octanol–water partition coefficient (Wildman–Crippen LogP) is 2.79. The molecule has 0 aliphatic heterocycles. The van der Waals surface area contributed by atoms with E-state index in [-0.39, 0.29) is 66.0 Å². The van der Waals surface area contributed by atoms with Gasteiger partial charge in [-0.25, -0.2) is 0 Å². The van der Waals surface area contributed by atoms with E-state index in [0.29, 0.717) is 32.1 Å². The van der Waals surface area contributed by atoms with Crippen molar-refractivity contribution in [1.82, 2.24) is 0 Å². The molecule has 4 fully saturated rings. The molecule has 0 aromatic heterocycles. The molecule has 0 spiro atoms. The van der Waals surface area contributed by atoms with E-state index >= 15 is 0 Å². The molecule has 5 N–H and O–H groups in total. The summed E-state index contributed by atoms with van der Waals surface area (Å²) in [6, 6.07) is 0. The van der Waals surface area contributed by atoms with E-state index in [2.05, 4.69) is 20.8 Å². The van der Waals surface area contributed by atoms with E-state index in [1.165, 1.54) is 0 Å². The minimum atomic E-state index is -1.25. The van der Waals surface area contributed by atoms with Crippen LogP contribution in [0.1, 0.15) is 78.6 Å². The number of carbonyl (C=O) groups is 1. The number of carboxylic acids is 1. The van der Waals surface area contributed by atoms with Gasteiger partial charge in [-0.15, -0.1) is 0 Å². The Morgan fingerprint density at radius 1 is 1.12 bits per heavy atom. The van der Waals surface area contributed by atoms with Crippen LogP contribution in [0.15, 0.2) is 0 Å². The summed E-state index contributed by atoms with van der Waals surface area (Å²) in [6.07, 6.45) is 4.80. The number of ether oxygens (including phenoxy) is 1. The average Bonchev–Trinajstić information content (AvgIpc) is 3.11. The Morgan fingerprint density at radius 2 is 1.85 bits per heavy atom. The molecule has 7 heteroatoms. The summed E-state index contributed by atoms with van der Waals surface area (Å²) in [4.78, 5) is 11.1. The third kappa shape index (κ3) is 4.16. The van der Waals surface area contributed by atoms with Gasteiger partial charge in [-0.05, 0) is 84.9 Å². The third-order valence-electron chi connectivity index (χ3n) is 10.8. The van der Waals surface area contributed by atoms with Gasteiger partial charge in [-0.2, -0.15) is 0 Å². The Morgan fingerprint density at radius 3 is 2.52 bits per heavy atom. The molecule has 4 aliphatic rings. The Kier molecular flexibility index (Phi) is 6.96. The van der Waals surface area contributed by atoms with Crippen molar-refractivity contribution in [2.75, 3.05) is 13.2 Å². The number of aliphatic hydroxyl groups is 4. The third-order valence-corrected chi connectivity index (χ3v) is 10.8. The van der Waals surface area contributed by atoms with Crippen molar-refractivity contribution in [3.63, 3.8) is 0 Å². The minimum absolute atomic E-state index is 0.0754. The summed E-state index contributed by atoms with van der Waals surface area (Å²) < 4.78 is 5.60. The predicted molar refractivity (Wildman–Crippen MR) is 122 cm³/mol. The fraction of sp³-hybridized carbons (Fsp3) is 0.962. The van der Waals surface area contributed by atoms with Crippen molar-refractivity contribution in [3.05, 3.63) is 0 Å². The molecule has 0 unspecified atom stereocenters. The quantitative estimate of drug-likeness (QED) is 0.364. The summed E-state index contributed by atoms with van der Waals surface area (Å²) in [6.45, 7) is 6.58. The molecular weight excluding hydrogens is 424 g/mol. The van der Waals surface area contributed by atoms with Crippen molar-refractivity contribution in [2.24, 2.45) is 46.3 Å². The molecule has 4 saturated carbocycles. The van der Waals surface area contributed by atoms with Crippen LogP contribution in [-0.2, 0) is 9.53 Å². The van der Waals surface area contributed by atoms with Crippen molar-refractivity contribution in [1.29, 1.82) is 0 Å². The summed E-state index contributed by atoms with van der Waals surface area (Å²) in [7, 11) is 0. The molecule has 0 radical (unpaired) electrons. The maximum Gasteiger partial charge on any atom is 0.303 e. The second-order valence-corrected chi connectivity index (χ2v) is 12.2. The van der Waals surface area contributed by atoms with E-state index in [4.69, 9.17) is 14.9 Å². The van der Waals surface area contributed by atoms with E-state index in [1.54, 1.807) is 0 Å². The number of carboxylic acid groups (broad SMARTS) is 1. The normalized spacial score (nSPS) is 50.2. The number of fused-ring (bicyclic) bond motifs is 5. The smallest absolute Gasteiger partial charge is 0.303 e. The number of rotatable bonds is 7. The van der Waals surface area contributed by atoms with E-state index in [1.807, 2.05) is 0 Å². The van der Waals surface area contributed by atoms with Crippen LogP contribution in [0.3, 0.4) is 0 Å². The molecular formula is C26H44O7. The molecule has 11 atom stereocenters. The van der Waals surface area contributed by atoms with Crippen LogP contribution in [0.2, 0.25) is 0 Å². The molecule has 33 heavy (non-hydrogen) atoms. The van der Waals surface area contributed by atoms with Crippen molar-refractivity contribution >= 4 is 5.97 Å². The summed E-state index contributed by atoms with van der Waals surface area (Å²) in [5.74, 6) is -0.890. The van der Waals surface area contributed by atoms with Gasteiger partial charge in [0.2, 0.25) is 0 Å². The van der Waals surface area contributed by atoms with E-state index in [9.17, 15) is 20.1 Å². The zero-order valence-corrected chi connectivity index (χ0v) is 20.4. The van der Waals surface area contributed by atoms with Gasteiger partial charge in [0.15, 0.2) is 5.79 Å². The van der Waals surface area contributed by atoms with Gasteiger partial charge in [0, 0.05) is 19.3 Å². The summed E-state index contributed by atoms with van der Waals surface area (Å²) in [5, 5.41) is 52.2. The van der Waals surface area contributed by atoms with Gasteiger partial charge in [0.1, 0.15) is 0 Å². The average molecular weight is 469 g/mol. The number of hydrogen-bond acceptors (Lipinski definition) is 6. The Labute approximate surface area is 197 Å². The lowest BCUT2D eigenvalue weighted by molar-refractivity contribution is -0.275. The molecule has 0 aromatic carbocycles. The van der Waals surface area contributed by atoms with Crippen LogP contribution in [0.25, 0.3) is 0 Å². The van der Waals surface area contributed by atoms with Crippen molar-refractivity contribution in [2.45, 2.75) is 96.6 Å². The Bertz CT molecular complexity index is 729. The molecule has 4 rings (SSSR count). The lowest BCUT2D eigenvalue weighted by Gasteiger charge is -2.64. The first-order chi connectivity index (χ1) is 15.5. The van der Waals surface area contributed by atoms with Gasteiger partial charge in [-0.3, -0.25) is 4.79 Å². The molecule has 0 saturated heterocycles. The summed E-state index contributed by atoms with van der Waals surface area (Å²) >= 11 is 0. The molecule has 4 aliphatic carbocycles. The molecule has 190 valence electrons. The highest BCUT2D eigenvalue weighted by Gasteiger charge is 2.66. The van der Waals surface area contributed by atoms with Crippen LogP contribution in [0.5, 0.6) is 0 Å². The first kappa shape index (κ1) is 25.4. The van der Waals surface area contributed by atoms with Gasteiger partial charge in [-0.1, -0.05) is 20.8 Å². The molecule has 0 heterocycles. The van der Waals surface area contributed by atoms with Gasteiger partial charge in [0.25, 0.3) is 0 Å². The van der Waals surface area contributed by atoms with Crippen molar-refractivity contribution in [3.8, 4) is 0 Å². The molecule has 0 bridgehead atoms. The lowest BCUT2D eigenvalue weighted by atomic mass is 9.43. The molecule has 0 aromatic rings. The van der Waals surface area contributed by atoms with Gasteiger partial charge in [0.05, 0.1) is 25.4 Å². The minimum Gasteiger partial charge on any atom is -0.481 e. The Balaban J connectivity index is 1.56. The Hall–Kier alpha value is -0.730.